The van der Waals surface area contributed by atoms with Crippen molar-refractivity contribution < 1.29 is 9.18 Å². The summed E-state index contributed by atoms with van der Waals surface area (Å²) in [6, 6.07) is 7.90. The van der Waals surface area contributed by atoms with Crippen molar-refractivity contribution in [2.45, 2.75) is 71.0 Å². The van der Waals surface area contributed by atoms with Gasteiger partial charge in [-0.1, -0.05) is 12.1 Å². The zero-order valence-corrected chi connectivity index (χ0v) is 23.4. The molecular formula is C30H43FN6O. The van der Waals surface area contributed by atoms with E-state index in [4.69, 9.17) is 0 Å². The van der Waals surface area contributed by atoms with Gasteiger partial charge in [0, 0.05) is 50.3 Å². The first-order valence-corrected chi connectivity index (χ1v) is 14.3. The number of carbonyl (C=O) groups excluding carboxylic acids is 1. The van der Waals surface area contributed by atoms with Crippen LogP contribution in [0, 0.1) is 25.6 Å². The highest BCUT2D eigenvalue weighted by Crippen LogP contribution is 2.39. The van der Waals surface area contributed by atoms with E-state index in [1.54, 1.807) is 12.1 Å². The molecule has 206 valence electrons. The fourth-order valence-corrected chi connectivity index (χ4v) is 7.03. The number of carbonyl (C=O) groups is 1. The van der Waals surface area contributed by atoms with E-state index < -0.39 is 0 Å². The molecular weight excluding hydrogens is 479 g/mol. The second-order valence-electron chi connectivity index (χ2n) is 11.8. The first-order chi connectivity index (χ1) is 18.3. The van der Waals surface area contributed by atoms with E-state index in [9.17, 15) is 9.18 Å². The van der Waals surface area contributed by atoms with E-state index in [1.165, 1.54) is 6.33 Å². The zero-order chi connectivity index (χ0) is 26.9. The first kappa shape index (κ1) is 27.2. The van der Waals surface area contributed by atoms with Gasteiger partial charge in [-0.25, -0.2) is 14.4 Å². The normalized spacial score (nSPS) is 24.3. The van der Waals surface area contributed by atoms with Crippen LogP contribution in [-0.4, -0.2) is 88.0 Å². The van der Waals surface area contributed by atoms with E-state index in [-0.39, 0.29) is 23.3 Å². The molecule has 1 aromatic carbocycles. The number of benzene rings is 1. The number of hydrogen-bond donors (Lipinski definition) is 1. The number of rotatable bonds is 5. The Morgan fingerprint density at radius 3 is 2.39 bits per heavy atom. The molecule has 1 N–H and O–H groups in total. The molecule has 0 spiro atoms. The molecule has 0 radical (unpaired) electrons. The minimum Gasteiger partial charge on any atom is -0.338 e. The van der Waals surface area contributed by atoms with Gasteiger partial charge in [0.1, 0.15) is 12.1 Å². The van der Waals surface area contributed by atoms with Crippen LogP contribution >= 0.6 is 0 Å². The van der Waals surface area contributed by atoms with Crippen molar-refractivity contribution in [3.63, 3.8) is 0 Å². The predicted molar refractivity (Wildman–Crippen MR) is 148 cm³/mol. The van der Waals surface area contributed by atoms with Crippen molar-refractivity contribution in [1.29, 1.82) is 0 Å². The predicted octanol–water partition coefficient (Wildman–Crippen LogP) is 3.97. The van der Waals surface area contributed by atoms with Crippen LogP contribution in [0.5, 0.6) is 0 Å². The van der Waals surface area contributed by atoms with Crippen LogP contribution in [-0.2, 0) is 0 Å². The van der Waals surface area contributed by atoms with Gasteiger partial charge in [-0.05, 0) is 90.1 Å². The lowest BCUT2D eigenvalue weighted by Crippen LogP contribution is -2.62. The molecule has 3 fully saturated rings. The van der Waals surface area contributed by atoms with Crippen molar-refractivity contribution in [1.82, 2.24) is 30.0 Å². The van der Waals surface area contributed by atoms with Crippen molar-refractivity contribution >= 4 is 5.91 Å². The van der Waals surface area contributed by atoms with Crippen molar-refractivity contribution in [3.8, 4) is 0 Å². The van der Waals surface area contributed by atoms with Gasteiger partial charge in [0.2, 0.25) is 0 Å². The van der Waals surface area contributed by atoms with Crippen molar-refractivity contribution in [2.75, 3.05) is 45.8 Å². The minimum atomic E-state index is -0.144. The van der Waals surface area contributed by atoms with Crippen LogP contribution in [0.2, 0.25) is 0 Å². The number of aryl methyl sites for hydroxylation is 2. The number of amides is 1. The SMILES string of the molecule is Cc1ncnc(C)c1C(=O)N1CCC(C)(N2CCN([C@@H](c3cccc(F)c3)C3CCNCC3)C(C)C2)CC1. The lowest BCUT2D eigenvalue weighted by Gasteiger charge is -2.54. The Bertz CT molecular complexity index is 1110. The van der Waals surface area contributed by atoms with Gasteiger partial charge >= 0.3 is 0 Å². The van der Waals surface area contributed by atoms with Crippen LogP contribution in [0.1, 0.15) is 72.9 Å². The number of piperidine rings is 2. The molecule has 3 aliphatic rings. The Morgan fingerprint density at radius 1 is 1.08 bits per heavy atom. The quantitative estimate of drug-likeness (QED) is 0.641. The second-order valence-corrected chi connectivity index (χ2v) is 11.8. The highest BCUT2D eigenvalue weighted by atomic mass is 19.1. The standard InChI is InChI=1S/C30H43FN6O/c1-21-19-36(30(4)10-14-35(15-11-30)29(38)27-22(2)33-20-34-23(27)3)16-17-37(21)28(24-8-12-32-13-9-24)25-6-5-7-26(31)18-25/h5-7,18,20-21,24,28,32H,8-17,19H2,1-4H3/t21?,28-/m1/s1. The first-order valence-electron chi connectivity index (χ1n) is 14.3. The van der Waals surface area contributed by atoms with Gasteiger partial charge < -0.3 is 10.2 Å². The summed E-state index contributed by atoms with van der Waals surface area (Å²) in [7, 11) is 0. The second kappa shape index (κ2) is 11.4. The zero-order valence-electron chi connectivity index (χ0n) is 23.4. The lowest BCUT2D eigenvalue weighted by atomic mass is 9.82. The molecule has 0 bridgehead atoms. The summed E-state index contributed by atoms with van der Waals surface area (Å²) in [6.45, 7) is 15.0. The van der Waals surface area contributed by atoms with Crippen molar-refractivity contribution in [3.05, 3.63) is 58.9 Å². The third-order valence-corrected chi connectivity index (χ3v) is 9.39. The molecule has 2 atom stereocenters. The third-order valence-electron chi connectivity index (χ3n) is 9.39. The van der Waals surface area contributed by atoms with E-state index in [0.29, 0.717) is 17.5 Å². The summed E-state index contributed by atoms with van der Waals surface area (Å²) in [4.78, 5) is 29.1. The van der Waals surface area contributed by atoms with Gasteiger partial charge in [-0.3, -0.25) is 14.6 Å². The molecule has 3 saturated heterocycles. The van der Waals surface area contributed by atoms with E-state index in [0.717, 1.165) is 88.4 Å². The molecule has 0 aliphatic carbocycles. The average molecular weight is 523 g/mol. The number of halogens is 1. The van der Waals surface area contributed by atoms with Crippen LogP contribution in [0.4, 0.5) is 4.39 Å². The van der Waals surface area contributed by atoms with Crippen LogP contribution in [0.15, 0.2) is 30.6 Å². The smallest absolute Gasteiger partial charge is 0.257 e. The fraction of sp³-hybridized carbons (Fsp3) is 0.633. The number of nitrogens with zero attached hydrogens (tertiary/aromatic N) is 5. The molecule has 5 rings (SSSR count). The monoisotopic (exact) mass is 522 g/mol. The van der Waals surface area contributed by atoms with Gasteiger partial charge in [0.25, 0.3) is 5.91 Å². The van der Waals surface area contributed by atoms with Crippen molar-refractivity contribution in [2.24, 2.45) is 5.92 Å². The van der Waals surface area contributed by atoms with Gasteiger partial charge in [-0.2, -0.15) is 0 Å². The Morgan fingerprint density at radius 2 is 1.76 bits per heavy atom. The highest BCUT2D eigenvalue weighted by molar-refractivity contribution is 5.96. The number of aromatic nitrogens is 2. The number of likely N-dealkylation sites (tertiary alicyclic amines) is 1. The van der Waals surface area contributed by atoms with E-state index >= 15 is 0 Å². The topological polar surface area (TPSA) is 64.6 Å². The summed E-state index contributed by atoms with van der Waals surface area (Å²) in [5, 5.41) is 3.49. The summed E-state index contributed by atoms with van der Waals surface area (Å²) < 4.78 is 14.3. The average Bonchev–Trinajstić information content (AvgIpc) is 2.91. The van der Waals surface area contributed by atoms with Crippen LogP contribution in [0.25, 0.3) is 0 Å². The van der Waals surface area contributed by atoms with Gasteiger partial charge in [0.15, 0.2) is 0 Å². The molecule has 1 unspecified atom stereocenters. The fourth-order valence-electron chi connectivity index (χ4n) is 7.03. The largest absolute Gasteiger partial charge is 0.338 e. The maximum atomic E-state index is 14.3. The number of nitrogens with one attached hydrogen (secondary N) is 1. The Hall–Kier alpha value is -2.42. The van der Waals surface area contributed by atoms with Crippen LogP contribution < -0.4 is 5.32 Å². The van der Waals surface area contributed by atoms with E-state index in [2.05, 4.69) is 45.0 Å². The lowest BCUT2D eigenvalue weighted by molar-refractivity contribution is -0.0409. The molecule has 8 heteroatoms. The molecule has 1 aromatic heterocycles. The minimum absolute atomic E-state index is 0.0562. The molecule has 7 nitrogen and oxygen atoms in total. The summed E-state index contributed by atoms with van der Waals surface area (Å²) in [5.74, 6) is 0.445. The third kappa shape index (κ3) is 5.49. The van der Waals surface area contributed by atoms with Gasteiger partial charge in [-0.15, -0.1) is 0 Å². The molecule has 3 aliphatic heterocycles. The van der Waals surface area contributed by atoms with Gasteiger partial charge in [0.05, 0.1) is 17.0 Å². The maximum absolute atomic E-state index is 14.3. The number of hydrogen-bond acceptors (Lipinski definition) is 6. The molecule has 2 aromatic rings. The van der Waals surface area contributed by atoms with E-state index in [1.807, 2.05) is 24.8 Å². The Balaban J connectivity index is 1.26. The molecule has 38 heavy (non-hydrogen) atoms. The maximum Gasteiger partial charge on any atom is 0.257 e. The summed E-state index contributed by atoms with van der Waals surface area (Å²) >= 11 is 0. The summed E-state index contributed by atoms with van der Waals surface area (Å²) in [6.07, 6.45) is 5.69. The number of piperazine rings is 1. The summed E-state index contributed by atoms with van der Waals surface area (Å²) in [5.41, 5.74) is 3.34. The highest BCUT2D eigenvalue weighted by Gasteiger charge is 2.42. The Kier molecular flexibility index (Phi) is 8.12. The Labute approximate surface area is 226 Å². The van der Waals surface area contributed by atoms with Crippen LogP contribution in [0.3, 0.4) is 0 Å². The molecule has 1 amide bonds. The molecule has 0 saturated carbocycles. The molecule has 4 heterocycles.